The van der Waals surface area contributed by atoms with Crippen molar-refractivity contribution in [1.82, 2.24) is 4.90 Å². The molecule has 0 bridgehead atoms. The number of rotatable bonds is 3. The van der Waals surface area contributed by atoms with Crippen molar-refractivity contribution in [3.63, 3.8) is 0 Å². The zero-order valence-corrected chi connectivity index (χ0v) is 17.0. The highest BCUT2D eigenvalue weighted by Gasteiger charge is 2.55. The molecule has 7 heteroatoms. The average molecular weight is 397 g/mol. The zero-order valence-electron chi connectivity index (χ0n) is 17.0. The number of carbonyl (C=O) groups excluding carboxylic acids is 1. The second-order valence-corrected chi connectivity index (χ2v) is 8.05. The minimum absolute atomic E-state index is 0.174. The molecule has 2 aliphatic rings. The van der Waals surface area contributed by atoms with Gasteiger partial charge in [0, 0.05) is 25.1 Å². The number of hydrogen-bond acceptors (Lipinski definition) is 5. The Morgan fingerprint density at radius 3 is 2.66 bits per heavy atom. The van der Waals surface area contributed by atoms with Crippen molar-refractivity contribution in [3.8, 4) is 22.6 Å². The fourth-order valence-electron chi connectivity index (χ4n) is 4.14. The van der Waals surface area contributed by atoms with Crippen LogP contribution in [-0.2, 0) is 10.3 Å². The minimum atomic E-state index is -1.15. The number of hydrogen-bond donors (Lipinski definition) is 1. The molecule has 0 radical (unpaired) electrons. The number of amides is 1. The summed E-state index contributed by atoms with van der Waals surface area (Å²) in [6, 6.07) is 10.0. The van der Waals surface area contributed by atoms with Crippen LogP contribution in [0.3, 0.4) is 0 Å². The standard InChI is InChI=1S/C22H24FN3O3/c1-5-28-16-9-14(8-15(23)11-16)13-6-7-18-17(10-13)22(12-21(2,3)29-18)19(27)26(4)20(24)25-22/h6-11H,5,12H2,1-4H3,(H2,24,25). The van der Waals surface area contributed by atoms with Gasteiger partial charge in [-0.25, -0.2) is 9.38 Å². The van der Waals surface area contributed by atoms with Crippen molar-refractivity contribution in [2.24, 2.45) is 10.7 Å². The van der Waals surface area contributed by atoms with E-state index in [2.05, 4.69) is 4.99 Å². The van der Waals surface area contributed by atoms with E-state index in [4.69, 9.17) is 15.2 Å². The van der Waals surface area contributed by atoms with Crippen LogP contribution in [-0.4, -0.2) is 36.0 Å². The normalized spacial score (nSPS) is 22.3. The molecule has 0 saturated carbocycles. The molecule has 152 valence electrons. The van der Waals surface area contributed by atoms with E-state index in [0.29, 0.717) is 35.7 Å². The van der Waals surface area contributed by atoms with Crippen molar-refractivity contribution in [1.29, 1.82) is 0 Å². The highest BCUT2D eigenvalue weighted by Crippen LogP contribution is 2.49. The number of ether oxygens (including phenoxy) is 2. The van der Waals surface area contributed by atoms with Crippen LogP contribution in [0.15, 0.2) is 41.4 Å². The van der Waals surface area contributed by atoms with Crippen LogP contribution in [0.5, 0.6) is 11.5 Å². The molecular formula is C22H24FN3O3. The molecule has 1 amide bonds. The van der Waals surface area contributed by atoms with Crippen LogP contribution in [0.25, 0.3) is 11.1 Å². The maximum atomic E-state index is 14.1. The topological polar surface area (TPSA) is 77.2 Å². The number of likely N-dealkylation sites (N-methyl/N-ethyl adjacent to an activating group) is 1. The Balaban J connectivity index is 1.89. The summed E-state index contributed by atoms with van der Waals surface area (Å²) in [6.45, 7) is 6.12. The third-order valence-electron chi connectivity index (χ3n) is 5.32. The van der Waals surface area contributed by atoms with Crippen LogP contribution in [0.2, 0.25) is 0 Å². The van der Waals surface area contributed by atoms with Gasteiger partial charge in [-0.3, -0.25) is 9.69 Å². The highest BCUT2D eigenvalue weighted by atomic mass is 19.1. The molecule has 1 atom stereocenters. The molecular weight excluding hydrogens is 373 g/mol. The van der Waals surface area contributed by atoms with E-state index < -0.39 is 17.0 Å². The van der Waals surface area contributed by atoms with Gasteiger partial charge in [0.05, 0.1) is 6.61 Å². The van der Waals surface area contributed by atoms with E-state index in [-0.39, 0.29) is 11.9 Å². The fraction of sp³-hybridized carbons (Fsp3) is 0.364. The Labute approximate surface area is 169 Å². The predicted molar refractivity (Wildman–Crippen MR) is 108 cm³/mol. The monoisotopic (exact) mass is 397 g/mol. The molecule has 1 unspecified atom stereocenters. The summed E-state index contributed by atoms with van der Waals surface area (Å²) in [5, 5.41) is 0. The van der Waals surface area contributed by atoms with E-state index in [1.165, 1.54) is 17.0 Å². The van der Waals surface area contributed by atoms with Gasteiger partial charge in [-0.15, -0.1) is 0 Å². The third kappa shape index (κ3) is 3.10. The van der Waals surface area contributed by atoms with E-state index in [0.717, 1.165) is 5.56 Å². The van der Waals surface area contributed by atoms with Crippen LogP contribution in [0.1, 0.15) is 32.8 Å². The quantitative estimate of drug-likeness (QED) is 0.861. The molecule has 0 aromatic heterocycles. The first-order valence-corrected chi connectivity index (χ1v) is 9.56. The van der Waals surface area contributed by atoms with Crippen molar-refractivity contribution >= 4 is 11.9 Å². The predicted octanol–water partition coefficient (Wildman–Crippen LogP) is 3.43. The maximum Gasteiger partial charge on any atom is 0.261 e. The molecule has 0 aliphatic carbocycles. The van der Waals surface area contributed by atoms with Crippen molar-refractivity contribution < 1.29 is 18.7 Å². The molecule has 2 N–H and O–H groups in total. The molecule has 4 rings (SSSR count). The summed E-state index contributed by atoms with van der Waals surface area (Å²) in [6.07, 6.45) is 0.355. The summed E-state index contributed by atoms with van der Waals surface area (Å²) in [5.74, 6) is 0.611. The number of aliphatic imine (C=N–C) groups is 1. The maximum absolute atomic E-state index is 14.1. The van der Waals surface area contributed by atoms with Crippen LogP contribution >= 0.6 is 0 Å². The molecule has 2 heterocycles. The first kappa shape index (κ1) is 19.2. The number of fused-ring (bicyclic) bond motifs is 2. The lowest BCUT2D eigenvalue weighted by Gasteiger charge is -2.41. The van der Waals surface area contributed by atoms with Gasteiger partial charge < -0.3 is 15.2 Å². The van der Waals surface area contributed by atoms with Crippen molar-refractivity contribution in [2.75, 3.05) is 13.7 Å². The fourth-order valence-corrected chi connectivity index (χ4v) is 4.14. The Kier molecular flexibility index (Phi) is 4.29. The first-order chi connectivity index (χ1) is 13.6. The Hall–Kier alpha value is -3.09. The van der Waals surface area contributed by atoms with Crippen LogP contribution in [0.4, 0.5) is 4.39 Å². The number of nitrogens with two attached hydrogens (primary N) is 1. The number of carbonyl (C=O) groups is 1. The first-order valence-electron chi connectivity index (χ1n) is 9.56. The third-order valence-corrected chi connectivity index (χ3v) is 5.32. The summed E-state index contributed by atoms with van der Waals surface area (Å²) < 4.78 is 25.7. The summed E-state index contributed by atoms with van der Waals surface area (Å²) in [5.41, 5.74) is 6.26. The van der Waals surface area contributed by atoms with Gasteiger partial charge >= 0.3 is 0 Å². The summed E-state index contributed by atoms with van der Waals surface area (Å²) >= 11 is 0. The Bertz CT molecular complexity index is 1030. The average Bonchev–Trinajstić information content (AvgIpc) is 2.84. The molecule has 0 fully saturated rings. The highest BCUT2D eigenvalue weighted by molar-refractivity contribution is 6.07. The molecule has 2 aromatic rings. The van der Waals surface area contributed by atoms with E-state index in [9.17, 15) is 9.18 Å². The van der Waals surface area contributed by atoms with Gasteiger partial charge in [-0.1, -0.05) is 6.07 Å². The van der Waals surface area contributed by atoms with E-state index in [1.807, 2.05) is 32.9 Å². The van der Waals surface area contributed by atoms with Gasteiger partial charge in [0.25, 0.3) is 5.91 Å². The lowest BCUT2D eigenvalue weighted by atomic mass is 9.77. The molecule has 0 saturated heterocycles. The molecule has 2 aromatic carbocycles. The smallest absolute Gasteiger partial charge is 0.261 e. The lowest BCUT2D eigenvalue weighted by Crippen LogP contribution is -2.49. The van der Waals surface area contributed by atoms with Gasteiger partial charge in [0.1, 0.15) is 22.9 Å². The van der Waals surface area contributed by atoms with Crippen molar-refractivity contribution in [2.45, 2.75) is 38.3 Å². The van der Waals surface area contributed by atoms with Gasteiger partial charge in [0.2, 0.25) is 0 Å². The second kappa shape index (κ2) is 6.47. The molecule has 29 heavy (non-hydrogen) atoms. The van der Waals surface area contributed by atoms with Gasteiger partial charge in [0.15, 0.2) is 11.5 Å². The molecule has 6 nitrogen and oxygen atoms in total. The van der Waals surface area contributed by atoms with Crippen molar-refractivity contribution in [3.05, 3.63) is 47.8 Å². The second-order valence-electron chi connectivity index (χ2n) is 8.05. The molecule has 2 aliphatic heterocycles. The van der Waals surface area contributed by atoms with Crippen LogP contribution < -0.4 is 15.2 Å². The van der Waals surface area contributed by atoms with Gasteiger partial charge in [-0.05, 0) is 56.2 Å². The van der Waals surface area contributed by atoms with E-state index >= 15 is 0 Å². The Morgan fingerprint density at radius 1 is 1.24 bits per heavy atom. The SMILES string of the molecule is CCOc1cc(F)cc(-c2ccc3c(c2)C2(CC(C)(C)O3)N=C(N)N(C)C2=O)c1. The number of halogens is 1. The van der Waals surface area contributed by atoms with Gasteiger partial charge in [-0.2, -0.15) is 0 Å². The Morgan fingerprint density at radius 2 is 2.00 bits per heavy atom. The number of nitrogens with zero attached hydrogens (tertiary/aromatic N) is 2. The molecule has 1 spiro atoms. The lowest BCUT2D eigenvalue weighted by molar-refractivity contribution is -0.133. The van der Waals surface area contributed by atoms with E-state index in [1.54, 1.807) is 19.2 Å². The largest absolute Gasteiger partial charge is 0.494 e. The number of guanidine groups is 1. The van der Waals surface area contributed by atoms with Crippen LogP contribution in [0, 0.1) is 5.82 Å². The minimum Gasteiger partial charge on any atom is -0.494 e. The number of benzene rings is 2. The summed E-state index contributed by atoms with van der Waals surface area (Å²) in [7, 11) is 1.61. The summed E-state index contributed by atoms with van der Waals surface area (Å²) in [4.78, 5) is 19.1. The zero-order chi connectivity index (χ0) is 21.0.